The third-order valence-electron chi connectivity index (χ3n) is 4.72. The summed E-state index contributed by atoms with van der Waals surface area (Å²) in [6.07, 6.45) is 1.40. The number of hydrogen-bond acceptors (Lipinski definition) is 4. The topological polar surface area (TPSA) is 45.6 Å². The minimum absolute atomic E-state index is 0.0233. The molecule has 0 atom stereocenters. The van der Waals surface area contributed by atoms with Gasteiger partial charge in [0, 0.05) is 56.8 Å². The summed E-state index contributed by atoms with van der Waals surface area (Å²) >= 11 is 1.20. The Kier molecular flexibility index (Phi) is 6.04. The third-order valence-corrected chi connectivity index (χ3v) is 5.60. The lowest BCUT2D eigenvalue weighted by Crippen LogP contribution is -2.35. The van der Waals surface area contributed by atoms with Crippen LogP contribution in [0.1, 0.15) is 24.1 Å². The minimum atomic E-state index is 0.0233. The highest BCUT2D eigenvalue weighted by atomic mass is 32.1. The molecule has 1 aromatic carbocycles. The lowest BCUT2D eigenvalue weighted by atomic mass is 10.2. The zero-order chi connectivity index (χ0) is 17.6. The van der Waals surface area contributed by atoms with Gasteiger partial charge in [-0.15, -0.1) is 0 Å². The molecule has 0 unspecified atom stereocenters. The number of carbonyl (C=O) groups is 1. The van der Waals surface area contributed by atoms with Crippen LogP contribution >= 0.6 is 11.3 Å². The number of rotatable bonds is 5. The van der Waals surface area contributed by atoms with E-state index < -0.39 is 0 Å². The molecule has 1 aliphatic heterocycles. The predicted molar refractivity (Wildman–Crippen MR) is 101 cm³/mol. The van der Waals surface area contributed by atoms with Gasteiger partial charge in [0.05, 0.1) is 0 Å². The molecular weight excluding hydrogens is 334 g/mol. The standard InChI is InChI=1S/C19H25N3O2S/c1-16-15-25-19(24)22(16)11-8-18(23)21-10-5-9-20(12-13-21)14-17-6-3-2-4-7-17/h2-4,6-7,15H,5,8-14H2,1H3. The van der Waals surface area contributed by atoms with Crippen LogP contribution in [-0.2, 0) is 17.9 Å². The maximum absolute atomic E-state index is 12.5. The van der Waals surface area contributed by atoms with Gasteiger partial charge in [-0.2, -0.15) is 0 Å². The molecule has 5 nitrogen and oxygen atoms in total. The van der Waals surface area contributed by atoms with Crippen LogP contribution in [0.25, 0.3) is 0 Å². The summed E-state index contributed by atoms with van der Waals surface area (Å²) in [5.74, 6) is 0.152. The number of carbonyl (C=O) groups excluding carboxylic acids is 1. The molecule has 6 heteroatoms. The quantitative estimate of drug-likeness (QED) is 0.823. The van der Waals surface area contributed by atoms with E-state index in [4.69, 9.17) is 0 Å². The molecule has 0 bridgehead atoms. The van der Waals surface area contributed by atoms with E-state index in [-0.39, 0.29) is 10.8 Å². The average Bonchev–Trinajstić information content (AvgIpc) is 2.81. The van der Waals surface area contributed by atoms with E-state index in [1.165, 1.54) is 16.9 Å². The Morgan fingerprint density at radius 2 is 1.92 bits per heavy atom. The lowest BCUT2D eigenvalue weighted by Gasteiger charge is -2.22. The fraction of sp³-hybridized carbons (Fsp3) is 0.474. The molecule has 1 aliphatic rings. The molecule has 3 rings (SSSR count). The van der Waals surface area contributed by atoms with Gasteiger partial charge in [0.1, 0.15) is 0 Å². The SMILES string of the molecule is Cc1csc(=O)n1CCC(=O)N1CCCN(Cc2ccccc2)CC1. The molecule has 0 N–H and O–H groups in total. The molecule has 0 radical (unpaired) electrons. The van der Waals surface area contributed by atoms with Crippen LogP contribution in [0, 0.1) is 6.92 Å². The van der Waals surface area contributed by atoms with Crippen molar-refractivity contribution in [3.8, 4) is 0 Å². The zero-order valence-electron chi connectivity index (χ0n) is 14.7. The molecule has 2 heterocycles. The smallest absolute Gasteiger partial charge is 0.307 e. The van der Waals surface area contributed by atoms with Gasteiger partial charge in [0.2, 0.25) is 5.91 Å². The predicted octanol–water partition coefficient (Wildman–Crippen LogP) is 2.34. The highest BCUT2D eigenvalue weighted by molar-refractivity contribution is 7.07. The second-order valence-corrected chi connectivity index (χ2v) is 7.36. The highest BCUT2D eigenvalue weighted by Crippen LogP contribution is 2.10. The molecule has 1 aromatic heterocycles. The van der Waals surface area contributed by atoms with E-state index in [9.17, 15) is 9.59 Å². The van der Waals surface area contributed by atoms with Gasteiger partial charge in [-0.3, -0.25) is 14.5 Å². The van der Waals surface area contributed by atoms with Crippen LogP contribution in [0.4, 0.5) is 0 Å². The van der Waals surface area contributed by atoms with Crippen molar-refractivity contribution in [2.45, 2.75) is 32.9 Å². The van der Waals surface area contributed by atoms with Crippen LogP contribution < -0.4 is 4.87 Å². The molecule has 0 saturated carbocycles. The first-order valence-electron chi connectivity index (χ1n) is 8.82. The third kappa shape index (κ3) is 4.80. The highest BCUT2D eigenvalue weighted by Gasteiger charge is 2.19. The van der Waals surface area contributed by atoms with Gasteiger partial charge in [-0.25, -0.2) is 0 Å². The summed E-state index contributed by atoms with van der Waals surface area (Å²) in [6, 6.07) is 10.5. The monoisotopic (exact) mass is 359 g/mol. The summed E-state index contributed by atoms with van der Waals surface area (Å²) < 4.78 is 1.70. The number of benzene rings is 1. The molecule has 1 fully saturated rings. The Morgan fingerprint density at radius 1 is 1.12 bits per heavy atom. The van der Waals surface area contributed by atoms with E-state index in [0.717, 1.165) is 44.8 Å². The van der Waals surface area contributed by atoms with Crippen molar-refractivity contribution in [3.63, 3.8) is 0 Å². The Hall–Kier alpha value is -1.92. The molecule has 0 aliphatic carbocycles. The summed E-state index contributed by atoms with van der Waals surface area (Å²) in [5.41, 5.74) is 2.25. The molecular formula is C19H25N3O2S. The number of hydrogen-bond donors (Lipinski definition) is 0. The van der Waals surface area contributed by atoms with Gasteiger partial charge in [0.15, 0.2) is 0 Å². The summed E-state index contributed by atoms with van der Waals surface area (Å²) in [7, 11) is 0. The van der Waals surface area contributed by atoms with E-state index in [2.05, 4.69) is 29.2 Å². The maximum atomic E-state index is 12.5. The largest absolute Gasteiger partial charge is 0.341 e. The van der Waals surface area contributed by atoms with Crippen LogP contribution in [0.15, 0.2) is 40.5 Å². The Labute approximate surface area is 152 Å². The first-order chi connectivity index (χ1) is 12.1. The van der Waals surface area contributed by atoms with Crippen molar-refractivity contribution < 1.29 is 4.79 Å². The number of thiazole rings is 1. The van der Waals surface area contributed by atoms with Gasteiger partial charge < -0.3 is 9.47 Å². The Balaban J connectivity index is 1.50. The first kappa shape index (κ1) is 17.9. The van der Waals surface area contributed by atoms with Crippen molar-refractivity contribution in [2.75, 3.05) is 26.2 Å². The van der Waals surface area contributed by atoms with Crippen LogP contribution in [-0.4, -0.2) is 46.5 Å². The van der Waals surface area contributed by atoms with Gasteiger partial charge in [0.25, 0.3) is 0 Å². The second-order valence-electron chi connectivity index (χ2n) is 6.54. The van der Waals surface area contributed by atoms with Crippen molar-refractivity contribution in [1.82, 2.24) is 14.4 Å². The van der Waals surface area contributed by atoms with Crippen molar-refractivity contribution in [2.24, 2.45) is 0 Å². The van der Waals surface area contributed by atoms with Crippen LogP contribution in [0.5, 0.6) is 0 Å². The number of aromatic nitrogens is 1. The summed E-state index contributed by atoms with van der Waals surface area (Å²) in [5, 5.41) is 1.85. The van der Waals surface area contributed by atoms with Crippen LogP contribution in [0.2, 0.25) is 0 Å². The fourth-order valence-electron chi connectivity index (χ4n) is 3.26. The Bertz CT molecular complexity index is 754. The summed E-state index contributed by atoms with van der Waals surface area (Å²) in [6.45, 7) is 6.82. The normalized spacial score (nSPS) is 16.0. The fourth-order valence-corrected chi connectivity index (χ4v) is 4.02. The van der Waals surface area contributed by atoms with E-state index in [1.54, 1.807) is 4.57 Å². The molecule has 134 valence electrons. The number of amides is 1. The minimum Gasteiger partial charge on any atom is -0.341 e. The summed E-state index contributed by atoms with van der Waals surface area (Å²) in [4.78, 5) is 28.7. The lowest BCUT2D eigenvalue weighted by molar-refractivity contribution is -0.131. The first-order valence-corrected chi connectivity index (χ1v) is 9.70. The van der Waals surface area contributed by atoms with Gasteiger partial charge in [-0.1, -0.05) is 41.7 Å². The molecule has 1 saturated heterocycles. The maximum Gasteiger partial charge on any atom is 0.307 e. The van der Waals surface area contributed by atoms with Gasteiger partial charge in [-0.05, 0) is 18.9 Å². The Morgan fingerprint density at radius 3 is 2.64 bits per heavy atom. The molecule has 25 heavy (non-hydrogen) atoms. The van der Waals surface area contributed by atoms with Crippen LogP contribution in [0.3, 0.4) is 0 Å². The molecule has 1 amide bonds. The molecule has 0 spiro atoms. The number of aryl methyl sites for hydroxylation is 1. The number of nitrogens with zero attached hydrogens (tertiary/aromatic N) is 3. The average molecular weight is 359 g/mol. The van der Waals surface area contributed by atoms with Crippen molar-refractivity contribution in [1.29, 1.82) is 0 Å². The zero-order valence-corrected chi connectivity index (χ0v) is 15.5. The van der Waals surface area contributed by atoms with E-state index in [0.29, 0.717) is 13.0 Å². The van der Waals surface area contributed by atoms with E-state index in [1.807, 2.05) is 23.3 Å². The second kappa shape index (κ2) is 8.45. The van der Waals surface area contributed by atoms with Gasteiger partial charge >= 0.3 is 4.87 Å². The van der Waals surface area contributed by atoms with Crippen molar-refractivity contribution >= 4 is 17.2 Å². The van der Waals surface area contributed by atoms with E-state index >= 15 is 0 Å². The molecule has 2 aromatic rings. The van der Waals surface area contributed by atoms with Crippen molar-refractivity contribution in [3.05, 3.63) is 56.6 Å².